The number of carbonyl (C=O) groups is 4. The summed E-state index contributed by atoms with van der Waals surface area (Å²) in [5.41, 5.74) is 1.56. The second kappa shape index (κ2) is 13.1. The van der Waals surface area contributed by atoms with Crippen molar-refractivity contribution in [3.05, 3.63) is 29.8 Å². The summed E-state index contributed by atoms with van der Waals surface area (Å²) in [7, 11) is 1.52. The van der Waals surface area contributed by atoms with Crippen molar-refractivity contribution >= 4 is 29.2 Å². The molecule has 0 aromatic heterocycles. The topological polar surface area (TPSA) is 111 Å². The fourth-order valence-electron chi connectivity index (χ4n) is 6.19. The summed E-state index contributed by atoms with van der Waals surface area (Å²) in [4.78, 5) is 59.0. The third-order valence-electron chi connectivity index (χ3n) is 8.57. The lowest BCUT2D eigenvalue weighted by Gasteiger charge is -2.30. The SMILES string of the molecule is CCC(C)C(OC)C(=O)N1CC(=O)C2C1CCN2C(=O)C(CC(C)C)NC(=O)c1ccc(N2CCNCC2)cc1. The predicted molar refractivity (Wildman–Crippen MR) is 153 cm³/mol. The number of nitrogens with zero attached hydrogens (tertiary/aromatic N) is 3. The average molecular weight is 556 g/mol. The number of ketones is 1. The highest BCUT2D eigenvalue weighted by Crippen LogP contribution is 2.32. The van der Waals surface area contributed by atoms with Gasteiger partial charge in [0.25, 0.3) is 11.8 Å². The first-order valence-electron chi connectivity index (χ1n) is 14.7. The fourth-order valence-corrected chi connectivity index (χ4v) is 6.19. The molecule has 3 fully saturated rings. The maximum absolute atomic E-state index is 13.8. The molecule has 1 aromatic carbocycles. The highest BCUT2D eigenvalue weighted by molar-refractivity contribution is 6.01. The molecule has 40 heavy (non-hydrogen) atoms. The summed E-state index contributed by atoms with van der Waals surface area (Å²) in [5, 5.41) is 6.29. The standard InChI is InChI=1S/C30H45N5O5/c1-6-20(4)27(40-5)30(39)35-18-25(36)26-24(35)11-14-34(26)29(38)23(17-19(2)3)32-28(37)21-7-9-22(10-8-21)33-15-12-31-13-16-33/h7-10,19-20,23-24,26-27,31H,6,11-18H2,1-5H3,(H,32,37). The molecule has 0 spiro atoms. The number of Topliss-reactive ketones (excluding diaryl/α,β-unsaturated/α-hetero) is 1. The second-order valence-corrected chi connectivity index (χ2v) is 11.7. The maximum Gasteiger partial charge on any atom is 0.252 e. The summed E-state index contributed by atoms with van der Waals surface area (Å²) in [6.45, 7) is 12.0. The number of rotatable bonds is 10. The van der Waals surface area contributed by atoms with Crippen LogP contribution in [0.5, 0.6) is 0 Å². The van der Waals surface area contributed by atoms with E-state index in [1.165, 1.54) is 7.11 Å². The molecule has 3 aliphatic heterocycles. The van der Waals surface area contributed by atoms with E-state index in [-0.39, 0.29) is 47.9 Å². The number of ether oxygens (including phenoxy) is 1. The van der Waals surface area contributed by atoms with Crippen molar-refractivity contribution in [3.63, 3.8) is 0 Å². The van der Waals surface area contributed by atoms with Crippen molar-refractivity contribution in [2.45, 2.75) is 71.2 Å². The average Bonchev–Trinajstić information content (AvgIpc) is 3.54. The van der Waals surface area contributed by atoms with Gasteiger partial charge in [0.1, 0.15) is 18.2 Å². The third kappa shape index (κ3) is 6.33. The number of piperazine rings is 1. The quantitative estimate of drug-likeness (QED) is 0.452. The van der Waals surface area contributed by atoms with Gasteiger partial charge in [-0.2, -0.15) is 0 Å². The molecule has 3 aliphatic rings. The molecule has 3 heterocycles. The molecule has 1 aromatic rings. The molecule has 0 radical (unpaired) electrons. The highest BCUT2D eigenvalue weighted by atomic mass is 16.5. The molecule has 4 rings (SSSR count). The number of fused-ring (bicyclic) bond motifs is 1. The van der Waals surface area contributed by atoms with Gasteiger partial charge in [0.15, 0.2) is 5.78 Å². The van der Waals surface area contributed by atoms with Crippen LogP contribution in [0.4, 0.5) is 5.69 Å². The Bertz CT molecular complexity index is 1070. The maximum atomic E-state index is 13.8. The van der Waals surface area contributed by atoms with Crippen molar-refractivity contribution in [3.8, 4) is 0 Å². The number of carbonyl (C=O) groups excluding carboxylic acids is 4. The van der Waals surface area contributed by atoms with Gasteiger partial charge in [0.05, 0.1) is 12.6 Å². The van der Waals surface area contributed by atoms with E-state index in [1.807, 2.05) is 39.8 Å². The van der Waals surface area contributed by atoms with Crippen LogP contribution in [0.25, 0.3) is 0 Å². The first kappa shape index (κ1) is 30.0. The molecule has 5 unspecified atom stereocenters. The molecule has 10 nitrogen and oxygen atoms in total. The zero-order valence-corrected chi connectivity index (χ0v) is 24.5. The van der Waals surface area contributed by atoms with Crippen molar-refractivity contribution in [1.29, 1.82) is 0 Å². The minimum atomic E-state index is -0.761. The van der Waals surface area contributed by atoms with E-state index < -0.39 is 18.2 Å². The fraction of sp³-hybridized carbons (Fsp3) is 0.667. The van der Waals surface area contributed by atoms with Crippen LogP contribution < -0.4 is 15.5 Å². The Balaban J connectivity index is 1.45. The van der Waals surface area contributed by atoms with Gasteiger partial charge in [-0.1, -0.05) is 34.1 Å². The normalized spacial score (nSPS) is 23.2. The van der Waals surface area contributed by atoms with Crippen molar-refractivity contribution in [2.75, 3.05) is 51.3 Å². The van der Waals surface area contributed by atoms with E-state index >= 15 is 0 Å². The summed E-state index contributed by atoms with van der Waals surface area (Å²) < 4.78 is 5.51. The first-order chi connectivity index (χ1) is 19.2. The third-order valence-corrected chi connectivity index (χ3v) is 8.57. The van der Waals surface area contributed by atoms with E-state index in [1.54, 1.807) is 21.9 Å². The van der Waals surface area contributed by atoms with Crippen LogP contribution in [0.2, 0.25) is 0 Å². The zero-order valence-electron chi connectivity index (χ0n) is 24.5. The van der Waals surface area contributed by atoms with Crippen molar-refractivity contribution in [1.82, 2.24) is 20.4 Å². The number of hydrogen-bond acceptors (Lipinski definition) is 7. The predicted octanol–water partition coefficient (Wildman–Crippen LogP) is 1.68. The van der Waals surface area contributed by atoms with Crippen LogP contribution in [0.1, 0.15) is 57.3 Å². The van der Waals surface area contributed by atoms with Crippen LogP contribution >= 0.6 is 0 Å². The molecular formula is C30H45N5O5. The van der Waals surface area contributed by atoms with Crippen LogP contribution in [0.3, 0.4) is 0 Å². The van der Waals surface area contributed by atoms with E-state index in [2.05, 4.69) is 15.5 Å². The van der Waals surface area contributed by atoms with Crippen LogP contribution in [0.15, 0.2) is 24.3 Å². The van der Waals surface area contributed by atoms with E-state index in [0.29, 0.717) is 24.9 Å². The molecule has 0 saturated carbocycles. The van der Waals surface area contributed by atoms with Crippen LogP contribution in [0, 0.1) is 11.8 Å². The molecule has 0 bridgehead atoms. The van der Waals surface area contributed by atoms with Gasteiger partial charge in [-0.05, 0) is 48.9 Å². The summed E-state index contributed by atoms with van der Waals surface area (Å²) in [6.07, 6.45) is 1.14. The van der Waals surface area contributed by atoms with E-state index in [4.69, 9.17) is 4.74 Å². The minimum absolute atomic E-state index is 0.0161. The summed E-state index contributed by atoms with van der Waals surface area (Å²) in [5.74, 6) is -0.738. The monoisotopic (exact) mass is 555 g/mol. The minimum Gasteiger partial charge on any atom is -0.371 e. The van der Waals surface area contributed by atoms with Gasteiger partial charge in [0, 0.05) is 51.1 Å². The van der Waals surface area contributed by atoms with Gasteiger partial charge >= 0.3 is 0 Å². The number of anilines is 1. The van der Waals surface area contributed by atoms with E-state index in [9.17, 15) is 19.2 Å². The molecule has 0 aliphatic carbocycles. The largest absolute Gasteiger partial charge is 0.371 e. The number of methoxy groups -OCH3 is 1. The molecule has 10 heteroatoms. The molecule has 5 atom stereocenters. The van der Waals surface area contributed by atoms with Crippen LogP contribution in [-0.2, 0) is 19.1 Å². The number of hydrogen-bond donors (Lipinski definition) is 2. The lowest BCUT2D eigenvalue weighted by molar-refractivity contribution is -0.146. The molecule has 220 valence electrons. The summed E-state index contributed by atoms with van der Waals surface area (Å²) >= 11 is 0. The Hall–Kier alpha value is -2.98. The zero-order chi connectivity index (χ0) is 29.0. The molecular weight excluding hydrogens is 510 g/mol. The molecule has 2 N–H and O–H groups in total. The van der Waals surface area contributed by atoms with Crippen molar-refractivity contribution in [2.24, 2.45) is 11.8 Å². The number of likely N-dealkylation sites (tertiary alicyclic amines) is 2. The summed E-state index contributed by atoms with van der Waals surface area (Å²) in [6, 6.07) is 5.67. The smallest absolute Gasteiger partial charge is 0.252 e. The molecule has 3 saturated heterocycles. The van der Waals surface area contributed by atoms with Gasteiger partial charge in [-0.15, -0.1) is 0 Å². The lowest BCUT2D eigenvalue weighted by Crippen LogP contribution is -2.53. The Labute approximate surface area is 237 Å². The Morgan fingerprint density at radius 3 is 2.30 bits per heavy atom. The number of nitrogens with one attached hydrogen (secondary N) is 2. The Morgan fingerprint density at radius 1 is 1.02 bits per heavy atom. The van der Waals surface area contributed by atoms with E-state index in [0.717, 1.165) is 38.3 Å². The van der Waals surface area contributed by atoms with Crippen molar-refractivity contribution < 1.29 is 23.9 Å². The van der Waals surface area contributed by atoms with Crippen LogP contribution in [-0.4, -0.2) is 104 Å². The Kier molecular flexibility index (Phi) is 9.84. The Morgan fingerprint density at radius 2 is 1.70 bits per heavy atom. The van der Waals surface area contributed by atoms with Gasteiger partial charge in [-0.25, -0.2) is 0 Å². The second-order valence-electron chi connectivity index (χ2n) is 11.7. The first-order valence-corrected chi connectivity index (χ1v) is 14.7. The van der Waals surface area contributed by atoms with Gasteiger partial charge in [0.2, 0.25) is 5.91 Å². The number of amides is 3. The molecule has 3 amide bonds. The van der Waals surface area contributed by atoms with Gasteiger partial charge in [-0.3, -0.25) is 19.2 Å². The lowest BCUT2D eigenvalue weighted by atomic mass is 10.00. The highest BCUT2D eigenvalue weighted by Gasteiger charge is 2.53. The van der Waals surface area contributed by atoms with Gasteiger partial charge < -0.3 is 30.1 Å². The number of benzene rings is 1.